The third-order valence-electron chi connectivity index (χ3n) is 4.93. The lowest BCUT2D eigenvalue weighted by Crippen LogP contribution is -2.54. The number of aliphatic hydroxyl groups is 1. The van der Waals surface area contributed by atoms with Gasteiger partial charge in [-0.15, -0.1) is 0 Å². The second-order valence-corrected chi connectivity index (χ2v) is 6.58. The zero-order valence-electron chi connectivity index (χ0n) is 11.5. The molecule has 1 aromatic heterocycles. The molecule has 0 bridgehead atoms. The molecule has 1 aliphatic heterocycles. The Morgan fingerprint density at radius 1 is 1.42 bits per heavy atom. The molecule has 2 N–H and O–H groups in total. The van der Waals surface area contributed by atoms with Crippen molar-refractivity contribution in [3.63, 3.8) is 0 Å². The van der Waals surface area contributed by atoms with E-state index in [4.69, 9.17) is 0 Å². The summed E-state index contributed by atoms with van der Waals surface area (Å²) in [5.41, 5.74) is 3.50. The van der Waals surface area contributed by atoms with Crippen molar-refractivity contribution in [2.75, 3.05) is 13.6 Å². The largest absolute Gasteiger partial charge is 0.389 e. The Morgan fingerprint density at radius 3 is 3.11 bits per heavy atom. The molecule has 0 amide bonds. The molecule has 1 saturated heterocycles. The van der Waals surface area contributed by atoms with Crippen LogP contribution in [0.4, 0.5) is 0 Å². The minimum Gasteiger partial charge on any atom is -0.389 e. The zero-order valence-corrected chi connectivity index (χ0v) is 11.5. The molecule has 2 aromatic rings. The van der Waals surface area contributed by atoms with Crippen LogP contribution in [0.3, 0.4) is 0 Å². The van der Waals surface area contributed by atoms with Gasteiger partial charge in [-0.3, -0.25) is 4.90 Å². The number of likely N-dealkylation sites (N-methyl/N-ethyl adjacent to an activating group) is 1. The van der Waals surface area contributed by atoms with Gasteiger partial charge in [0.15, 0.2) is 0 Å². The second-order valence-electron chi connectivity index (χ2n) is 6.58. The molecular formula is C16H20N2O. The summed E-state index contributed by atoms with van der Waals surface area (Å²) < 4.78 is 0. The maximum atomic E-state index is 10.5. The minimum absolute atomic E-state index is 0.445. The van der Waals surface area contributed by atoms with Gasteiger partial charge in [-0.1, -0.05) is 12.1 Å². The number of benzene rings is 1. The van der Waals surface area contributed by atoms with Gasteiger partial charge in [0.05, 0.1) is 5.60 Å². The van der Waals surface area contributed by atoms with Crippen LogP contribution in [0.5, 0.6) is 0 Å². The average Bonchev–Trinajstić information content (AvgIpc) is 2.75. The first-order valence-electron chi connectivity index (χ1n) is 7.07. The quantitative estimate of drug-likeness (QED) is 0.759. The van der Waals surface area contributed by atoms with Crippen molar-refractivity contribution in [2.24, 2.45) is 0 Å². The van der Waals surface area contributed by atoms with Crippen LogP contribution < -0.4 is 0 Å². The summed E-state index contributed by atoms with van der Waals surface area (Å²) in [6.07, 6.45) is 4.12. The van der Waals surface area contributed by atoms with E-state index in [0.29, 0.717) is 12.0 Å². The topological polar surface area (TPSA) is 39.3 Å². The number of aromatic amines is 1. The van der Waals surface area contributed by atoms with Gasteiger partial charge in [0, 0.05) is 35.6 Å². The lowest BCUT2D eigenvalue weighted by molar-refractivity contribution is -0.0402. The summed E-state index contributed by atoms with van der Waals surface area (Å²) in [5.74, 6) is 0.445. The van der Waals surface area contributed by atoms with Crippen molar-refractivity contribution in [1.82, 2.24) is 9.88 Å². The molecule has 2 aliphatic rings. The molecule has 100 valence electrons. The molecule has 1 fully saturated rings. The number of piperidine rings is 1. The predicted octanol–water partition coefficient (Wildman–Crippen LogP) is 2.26. The second kappa shape index (κ2) is 3.62. The molecule has 0 saturated carbocycles. The Morgan fingerprint density at radius 2 is 2.26 bits per heavy atom. The van der Waals surface area contributed by atoms with Gasteiger partial charge in [0.2, 0.25) is 0 Å². The molecule has 19 heavy (non-hydrogen) atoms. The Labute approximate surface area is 113 Å². The lowest BCUT2D eigenvalue weighted by atomic mass is 9.71. The molecule has 3 nitrogen and oxygen atoms in total. The summed E-state index contributed by atoms with van der Waals surface area (Å²) in [6.45, 7) is 2.73. The molecular weight excluding hydrogens is 236 g/mol. The van der Waals surface area contributed by atoms with Crippen LogP contribution in [-0.2, 0) is 6.42 Å². The molecule has 0 unspecified atom stereocenters. The van der Waals surface area contributed by atoms with E-state index in [1.807, 2.05) is 6.92 Å². The van der Waals surface area contributed by atoms with Gasteiger partial charge in [-0.2, -0.15) is 0 Å². The summed E-state index contributed by atoms with van der Waals surface area (Å²) in [5, 5.41) is 11.9. The highest BCUT2D eigenvalue weighted by atomic mass is 16.3. The average molecular weight is 256 g/mol. The van der Waals surface area contributed by atoms with Crippen molar-refractivity contribution < 1.29 is 5.11 Å². The van der Waals surface area contributed by atoms with Gasteiger partial charge in [-0.25, -0.2) is 0 Å². The van der Waals surface area contributed by atoms with Gasteiger partial charge in [-0.05, 0) is 44.0 Å². The van der Waals surface area contributed by atoms with E-state index in [1.54, 1.807) is 0 Å². The van der Waals surface area contributed by atoms with E-state index in [1.165, 1.54) is 22.0 Å². The van der Waals surface area contributed by atoms with Crippen LogP contribution in [0.1, 0.15) is 30.4 Å². The molecule has 2 heterocycles. The minimum atomic E-state index is -0.577. The lowest BCUT2D eigenvalue weighted by Gasteiger charge is -2.48. The summed E-state index contributed by atoms with van der Waals surface area (Å²) in [7, 11) is 2.14. The van der Waals surface area contributed by atoms with Crippen molar-refractivity contribution in [3.05, 3.63) is 35.5 Å². The maximum Gasteiger partial charge on any atom is 0.0752 e. The van der Waals surface area contributed by atoms with Crippen molar-refractivity contribution in [1.29, 1.82) is 0 Å². The van der Waals surface area contributed by atoms with E-state index in [-0.39, 0.29) is 0 Å². The molecule has 3 heteroatoms. The standard InChI is InChI=1S/C16H20N2O/c1-16(19)7-12-11-4-3-5-13-15(11)10(8-17-13)6-14(12)18(2)9-16/h3-5,8,12,14,17,19H,6-7,9H2,1-2H3/t12-,14+,16-/m0/s1. The van der Waals surface area contributed by atoms with Crippen LogP contribution in [0.15, 0.2) is 24.4 Å². The number of fused-ring (bicyclic) bond motifs is 2. The number of H-pyrrole nitrogens is 1. The highest BCUT2D eigenvalue weighted by molar-refractivity contribution is 5.88. The molecule has 1 aliphatic carbocycles. The fourth-order valence-corrected chi connectivity index (χ4v) is 4.23. The van der Waals surface area contributed by atoms with E-state index in [9.17, 15) is 5.11 Å². The first kappa shape index (κ1) is 11.5. The van der Waals surface area contributed by atoms with Crippen molar-refractivity contribution >= 4 is 10.9 Å². The Kier molecular flexibility index (Phi) is 2.19. The van der Waals surface area contributed by atoms with E-state index >= 15 is 0 Å². The fourth-order valence-electron chi connectivity index (χ4n) is 4.23. The molecule has 3 atom stereocenters. The highest BCUT2D eigenvalue weighted by Crippen LogP contribution is 2.45. The number of likely N-dealkylation sites (tertiary alicyclic amines) is 1. The SMILES string of the molecule is CN1C[C@@](C)(O)C[C@H]2c3cccc4[nH]cc(c34)C[C@H]21. The van der Waals surface area contributed by atoms with E-state index in [2.05, 4.69) is 41.3 Å². The van der Waals surface area contributed by atoms with Crippen LogP contribution in [0.2, 0.25) is 0 Å². The predicted molar refractivity (Wildman–Crippen MR) is 76.4 cm³/mol. The number of hydrogen-bond donors (Lipinski definition) is 2. The smallest absolute Gasteiger partial charge is 0.0752 e. The first-order valence-corrected chi connectivity index (χ1v) is 7.07. The van der Waals surface area contributed by atoms with Crippen molar-refractivity contribution in [2.45, 2.75) is 37.3 Å². The first-order chi connectivity index (χ1) is 9.05. The van der Waals surface area contributed by atoms with Crippen molar-refractivity contribution in [3.8, 4) is 0 Å². The van der Waals surface area contributed by atoms with Crippen LogP contribution >= 0.6 is 0 Å². The number of hydrogen-bond acceptors (Lipinski definition) is 2. The maximum absolute atomic E-state index is 10.5. The third kappa shape index (κ3) is 1.58. The third-order valence-corrected chi connectivity index (χ3v) is 4.93. The van der Waals surface area contributed by atoms with Crippen LogP contribution in [-0.4, -0.2) is 40.2 Å². The Hall–Kier alpha value is -1.32. The molecule has 4 rings (SSSR count). The zero-order chi connectivity index (χ0) is 13.2. The number of rotatable bonds is 0. The van der Waals surface area contributed by atoms with Gasteiger partial charge in [0.25, 0.3) is 0 Å². The molecule has 0 spiro atoms. The number of nitrogens with one attached hydrogen (secondary N) is 1. The van der Waals surface area contributed by atoms with Gasteiger partial charge >= 0.3 is 0 Å². The number of aromatic nitrogens is 1. The molecule has 1 aromatic carbocycles. The van der Waals surface area contributed by atoms with Crippen LogP contribution in [0, 0.1) is 0 Å². The Balaban J connectivity index is 1.91. The van der Waals surface area contributed by atoms with Gasteiger partial charge < -0.3 is 10.1 Å². The van der Waals surface area contributed by atoms with Crippen LogP contribution in [0.25, 0.3) is 10.9 Å². The monoisotopic (exact) mass is 256 g/mol. The van der Waals surface area contributed by atoms with E-state index < -0.39 is 5.60 Å². The van der Waals surface area contributed by atoms with Gasteiger partial charge in [0.1, 0.15) is 0 Å². The Bertz CT molecular complexity index is 643. The summed E-state index contributed by atoms with van der Waals surface area (Å²) >= 11 is 0. The molecule has 0 radical (unpaired) electrons. The summed E-state index contributed by atoms with van der Waals surface area (Å²) in [6, 6.07) is 7.04. The highest BCUT2D eigenvalue weighted by Gasteiger charge is 2.43. The fraction of sp³-hybridized carbons (Fsp3) is 0.500. The van der Waals surface area contributed by atoms with E-state index in [0.717, 1.165) is 19.4 Å². The number of β-amino-alcohol motifs (C(OH)–C–C–N with tert-alkyl or cyclic N) is 1. The number of nitrogens with zero attached hydrogens (tertiary/aromatic N) is 1. The summed E-state index contributed by atoms with van der Waals surface area (Å²) in [4.78, 5) is 5.72. The normalized spacial score (nSPS) is 34.5.